The molecule has 39 heavy (non-hydrogen) atoms. The number of carbonyl (C=O) groups excluding carboxylic acids is 1. The predicted octanol–water partition coefficient (Wildman–Crippen LogP) is 5.92. The van der Waals surface area contributed by atoms with Crippen molar-refractivity contribution in [1.29, 1.82) is 0 Å². The van der Waals surface area contributed by atoms with Gasteiger partial charge in [0, 0.05) is 18.3 Å². The van der Waals surface area contributed by atoms with E-state index in [1.54, 1.807) is 0 Å². The van der Waals surface area contributed by atoms with Crippen molar-refractivity contribution in [3.8, 4) is 0 Å². The minimum atomic E-state index is -4.69. The molecule has 0 N–H and O–H groups in total. The molecule has 1 spiro atoms. The van der Waals surface area contributed by atoms with Crippen LogP contribution < -0.4 is 4.90 Å². The monoisotopic (exact) mass is 563 g/mol. The average molecular weight is 564 g/mol. The van der Waals surface area contributed by atoms with Gasteiger partial charge in [-0.3, -0.25) is 9.80 Å². The van der Waals surface area contributed by atoms with E-state index >= 15 is 0 Å². The van der Waals surface area contributed by atoms with Gasteiger partial charge in [0.05, 0.1) is 28.2 Å². The van der Waals surface area contributed by atoms with Crippen LogP contribution in [0, 0.1) is 5.92 Å². The first kappa shape index (κ1) is 28.0. The van der Waals surface area contributed by atoms with E-state index in [2.05, 4.69) is 31.1 Å². The number of sulfone groups is 1. The molecule has 2 aromatic carbocycles. The fourth-order valence-electron chi connectivity index (χ4n) is 6.70. The molecule has 212 valence electrons. The Labute approximate surface area is 228 Å². The number of carbonyl (C=O) groups is 1. The first-order valence-electron chi connectivity index (χ1n) is 13.5. The number of nitrogens with zero attached hydrogens (tertiary/aromatic N) is 3. The Balaban J connectivity index is 1.53. The van der Waals surface area contributed by atoms with E-state index in [4.69, 9.17) is 0 Å². The van der Waals surface area contributed by atoms with E-state index in [9.17, 15) is 26.4 Å². The largest absolute Gasteiger partial charge is 0.416 e. The van der Waals surface area contributed by atoms with Crippen LogP contribution in [0.2, 0.25) is 0 Å². The van der Waals surface area contributed by atoms with Crippen molar-refractivity contribution in [2.75, 3.05) is 38.3 Å². The molecule has 0 unspecified atom stereocenters. The standard InChI is InChI=1S/C29H36F3N3O3S/c1-33(2)28(22-10-5-4-6-11-22)16-14-27(15-17-28)20-34(26(36)35(27)19-21-8-7-9-21)24-13-12-23(29(30,31)32)18-25(24)39(3,37)38/h4-6,10-13,18,21H,7-9,14-17,19-20H2,1-3H3/t27-,28-. The Morgan fingerprint density at radius 2 is 1.64 bits per heavy atom. The first-order valence-corrected chi connectivity index (χ1v) is 15.4. The Hall–Kier alpha value is -2.59. The van der Waals surface area contributed by atoms with E-state index in [0.717, 1.165) is 50.5 Å². The quantitative estimate of drug-likeness (QED) is 0.438. The highest BCUT2D eigenvalue weighted by Crippen LogP contribution is 2.51. The summed E-state index contributed by atoms with van der Waals surface area (Å²) < 4.78 is 65.7. The third-order valence-corrected chi connectivity index (χ3v) is 10.4. The minimum absolute atomic E-state index is 0.0264. The van der Waals surface area contributed by atoms with Gasteiger partial charge >= 0.3 is 12.2 Å². The molecule has 3 fully saturated rings. The van der Waals surface area contributed by atoms with Crippen LogP contribution >= 0.6 is 0 Å². The number of urea groups is 1. The predicted molar refractivity (Wildman–Crippen MR) is 144 cm³/mol. The Morgan fingerprint density at radius 1 is 1.00 bits per heavy atom. The van der Waals surface area contributed by atoms with Crippen LogP contribution in [0.15, 0.2) is 53.4 Å². The molecule has 1 aliphatic heterocycles. The van der Waals surface area contributed by atoms with Crippen LogP contribution in [0.1, 0.15) is 56.1 Å². The Kier molecular flexibility index (Phi) is 7.02. The van der Waals surface area contributed by atoms with E-state index in [1.165, 1.54) is 10.5 Å². The lowest BCUT2D eigenvalue weighted by Crippen LogP contribution is -2.56. The summed E-state index contributed by atoms with van der Waals surface area (Å²) in [6, 6.07) is 12.7. The Bertz CT molecular complexity index is 1330. The van der Waals surface area contributed by atoms with Gasteiger partial charge in [-0.15, -0.1) is 0 Å². The fraction of sp³-hybridized carbons (Fsp3) is 0.552. The molecule has 10 heteroatoms. The van der Waals surface area contributed by atoms with Gasteiger partial charge in [0.1, 0.15) is 0 Å². The van der Waals surface area contributed by atoms with Gasteiger partial charge in [-0.05, 0) is 82.3 Å². The lowest BCUT2D eigenvalue weighted by molar-refractivity contribution is -0.137. The molecule has 1 saturated heterocycles. The molecular weight excluding hydrogens is 527 g/mol. The van der Waals surface area contributed by atoms with Crippen LogP contribution in [0.3, 0.4) is 0 Å². The number of alkyl halides is 3. The summed E-state index contributed by atoms with van der Waals surface area (Å²) in [5.41, 5.74) is -0.511. The van der Waals surface area contributed by atoms with Crippen LogP contribution in [-0.2, 0) is 21.6 Å². The minimum Gasteiger partial charge on any atom is -0.317 e. The molecule has 2 saturated carbocycles. The summed E-state index contributed by atoms with van der Waals surface area (Å²) >= 11 is 0. The van der Waals surface area contributed by atoms with Crippen molar-refractivity contribution in [3.05, 3.63) is 59.7 Å². The Morgan fingerprint density at radius 3 is 2.15 bits per heavy atom. The third-order valence-electron chi connectivity index (χ3n) is 9.30. The van der Waals surface area contributed by atoms with Crippen molar-refractivity contribution in [3.63, 3.8) is 0 Å². The number of amides is 2. The fourth-order valence-corrected chi connectivity index (χ4v) is 7.60. The zero-order chi connectivity index (χ0) is 28.2. The van der Waals surface area contributed by atoms with Crippen LogP contribution in [0.5, 0.6) is 0 Å². The van der Waals surface area contributed by atoms with Crippen molar-refractivity contribution in [2.45, 2.75) is 67.1 Å². The van der Waals surface area contributed by atoms with Gasteiger partial charge in [0.25, 0.3) is 0 Å². The van der Waals surface area contributed by atoms with Gasteiger partial charge in [0.15, 0.2) is 9.84 Å². The van der Waals surface area contributed by atoms with Crippen molar-refractivity contribution >= 4 is 21.6 Å². The number of rotatable bonds is 6. The lowest BCUT2D eigenvalue weighted by Gasteiger charge is -2.51. The zero-order valence-corrected chi connectivity index (χ0v) is 23.5. The van der Waals surface area contributed by atoms with Gasteiger partial charge < -0.3 is 4.90 Å². The number of anilines is 1. The molecule has 0 bridgehead atoms. The molecule has 5 rings (SSSR count). The van der Waals surface area contributed by atoms with Crippen molar-refractivity contribution in [2.24, 2.45) is 5.92 Å². The maximum Gasteiger partial charge on any atom is 0.416 e. The molecule has 0 radical (unpaired) electrons. The first-order chi connectivity index (χ1) is 18.3. The summed E-state index contributed by atoms with van der Waals surface area (Å²) in [4.78, 5) is 19.1. The highest BCUT2D eigenvalue weighted by Gasteiger charge is 2.55. The normalized spacial score (nSPS) is 26.5. The highest BCUT2D eigenvalue weighted by atomic mass is 32.2. The van der Waals surface area contributed by atoms with E-state index in [-0.39, 0.29) is 23.8 Å². The number of benzene rings is 2. The zero-order valence-electron chi connectivity index (χ0n) is 22.7. The van der Waals surface area contributed by atoms with E-state index < -0.39 is 32.0 Å². The highest BCUT2D eigenvalue weighted by molar-refractivity contribution is 7.90. The average Bonchev–Trinajstić information content (AvgIpc) is 3.11. The summed E-state index contributed by atoms with van der Waals surface area (Å²) in [6.07, 6.45) is 2.43. The molecule has 2 aromatic rings. The molecule has 2 amide bonds. The van der Waals surface area contributed by atoms with Gasteiger partial charge in [0.2, 0.25) is 0 Å². The maximum atomic E-state index is 14.0. The summed E-state index contributed by atoms with van der Waals surface area (Å²) in [5, 5.41) is 0. The van der Waals surface area contributed by atoms with Crippen molar-refractivity contribution < 1.29 is 26.4 Å². The van der Waals surface area contributed by atoms with E-state index in [0.29, 0.717) is 31.4 Å². The number of hydrogen-bond acceptors (Lipinski definition) is 4. The molecule has 1 heterocycles. The molecule has 3 aliphatic rings. The second-order valence-electron chi connectivity index (χ2n) is 11.7. The second kappa shape index (κ2) is 9.80. The lowest BCUT2D eigenvalue weighted by atomic mass is 9.68. The topological polar surface area (TPSA) is 60.9 Å². The molecule has 0 aromatic heterocycles. The maximum absolute atomic E-state index is 14.0. The third kappa shape index (κ3) is 4.94. The second-order valence-corrected chi connectivity index (χ2v) is 13.7. The molecule has 6 nitrogen and oxygen atoms in total. The summed E-state index contributed by atoms with van der Waals surface area (Å²) in [6.45, 7) is 0.842. The van der Waals surface area contributed by atoms with Crippen LogP contribution in [0.4, 0.5) is 23.7 Å². The number of halogens is 3. The smallest absolute Gasteiger partial charge is 0.317 e. The van der Waals surface area contributed by atoms with Gasteiger partial charge in [-0.1, -0.05) is 36.8 Å². The molecule has 0 atom stereocenters. The van der Waals surface area contributed by atoms with Gasteiger partial charge in [-0.2, -0.15) is 13.2 Å². The SMILES string of the molecule is CN(C)[C@]1(c2ccccc2)CC[C@@]2(CC1)CN(c1ccc(C(F)(F)F)cc1S(C)(=O)=O)C(=O)N2CC1CCC1. The molecule has 2 aliphatic carbocycles. The molecular formula is C29H36F3N3O3S. The summed E-state index contributed by atoms with van der Waals surface area (Å²) in [5.74, 6) is 0.391. The van der Waals surface area contributed by atoms with E-state index in [1.807, 2.05) is 23.1 Å². The van der Waals surface area contributed by atoms with Gasteiger partial charge in [-0.25, -0.2) is 13.2 Å². The number of hydrogen-bond donors (Lipinski definition) is 0. The van der Waals surface area contributed by atoms with Crippen molar-refractivity contribution in [1.82, 2.24) is 9.80 Å². The van der Waals surface area contributed by atoms with Crippen LogP contribution in [0.25, 0.3) is 0 Å². The summed E-state index contributed by atoms with van der Waals surface area (Å²) in [7, 11) is 0.108. The van der Waals surface area contributed by atoms with Crippen LogP contribution in [-0.4, -0.2) is 63.2 Å².